The second-order valence-electron chi connectivity index (χ2n) is 8.15. The van der Waals surface area contributed by atoms with E-state index in [-0.39, 0.29) is 18.0 Å². The molecule has 7 heteroatoms. The smallest absolute Gasteiger partial charge is 0.258 e. The fourth-order valence-corrected chi connectivity index (χ4v) is 3.69. The van der Waals surface area contributed by atoms with Crippen molar-refractivity contribution in [3.05, 3.63) is 100 Å². The first-order valence-electron chi connectivity index (χ1n) is 10.9. The van der Waals surface area contributed by atoms with E-state index in [4.69, 9.17) is 16.3 Å². The minimum Gasteiger partial charge on any atom is -0.489 e. The molecule has 1 heterocycles. The maximum Gasteiger partial charge on any atom is 0.258 e. The SMILES string of the molecule is C/C(=N\NC(=O)C1CC(c2ccc(OCc3ccc(C)cc3)cc2)NN1)c1ccc(Cl)cc1. The van der Waals surface area contributed by atoms with Gasteiger partial charge < -0.3 is 4.74 Å². The highest BCUT2D eigenvalue weighted by molar-refractivity contribution is 6.30. The van der Waals surface area contributed by atoms with Crippen molar-refractivity contribution in [1.82, 2.24) is 16.3 Å². The lowest BCUT2D eigenvalue weighted by Crippen LogP contribution is -2.41. The summed E-state index contributed by atoms with van der Waals surface area (Å²) >= 11 is 5.92. The van der Waals surface area contributed by atoms with Gasteiger partial charge in [0.2, 0.25) is 0 Å². The van der Waals surface area contributed by atoms with Crippen molar-refractivity contribution < 1.29 is 9.53 Å². The van der Waals surface area contributed by atoms with Gasteiger partial charge >= 0.3 is 0 Å². The van der Waals surface area contributed by atoms with Crippen LogP contribution < -0.4 is 21.0 Å². The minimum atomic E-state index is -0.380. The molecule has 0 bridgehead atoms. The number of halogens is 1. The standard InChI is InChI=1S/C26H27ClN4O2/c1-17-3-5-19(6-4-17)16-33-23-13-9-21(10-14-23)24-15-25(30-29-24)26(32)31-28-18(2)20-7-11-22(27)12-8-20/h3-14,24-25,29-30H,15-16H2,1-2H3,(H,31,32)/b28-18+. The largest absolute Gasteiger partial charge is 0.489 e. The molecule has 4 rings (SSSR count). The molecule has 3 aromatic carbocycles. The van der Waals surface area contributed by atoms with Crippen molar-refractivity contribution in [3.63, 3.8) is 0 Å². The van der Waals surface area contributed by atoms with Gasteiger partial charge in [0.05, 0.1) is 5.71 Å². The quantitative estimate of drug-likeness (QED) is 0.352. The van der Waals surface area contributed by atoms with Crippen LogP contribution >= 0.6 is 11.6 Å². The molecular formula is C26H27ClN4O2. The Morgan fingerprint density at radius 2 is 1.73 bits per heavy atom. The van der Waals surface area contributed by atoms with Gasteiger partial charge in [-0.1, -0.05) is 65.7 Å². The summed E-state index contributed by atoms with van der Waals surface area (Å²) < 4.78 is 5.88. The number of ether oxygens (including phenoxy) is 1. The van der Waals surface area contributed by atoms with Gasteiger partial charge in [-0.25, -0.2) is 16.3 Å². The molecule has 0 saturated carbocycles. The Labute approximate surface area is 199 Å². The van der Waals surface area contributed by atoms with Crippen LogP contribution in [0.25, 0.3) is 0 Å². The average molecular weight is 463 g/mol. The molecule has 6 nitrogen and oxygen atoms in total. The zero-order valence-electron chi connectivity index (χ0n) is 18.6. The molecule has 0 aliphatic carbocycles. The van der Waals surface area contributed by atoms with Crippen LogP contribution in [0.5, 0.6) is 5.75 Å². The van der Waals surface area contributed by atoms with Crippen LogP contribution in [-0.2, 0) is 11.4 Å². The third kappa shape index (κ3) is 6.20. The van der Waals surface area contributed by atoms with Gasteiger partial charge in [-0.15, -0.1) is 0 Å². The number of hydrazone groups is 1. The predicted octanol–water partition coefficient (Wildman–Crippen LogP) is 4.68. The zero-order chi connectivity index (χ0) is 23.2. The molecular weight excluding hydrogens is 436 g/mol. The molecule has 2 atom stereocenters. The third-order valence-electron chi connectivity index (χ3n) is 5.62. The first-order valence-corrected chi connectivity index (χ1v) is 11.2. The number of carbonyl (C=O) groups excluding carboxylic acids is 1. The number of rotatable bonds is 7. The van der Waals surface area contributed by atoms with E-state index in [1.165, 1.54) is 5.56 Å². The Morgan fingerprint density at radius 3 is 2.42 bits per heavy atom. The van der Waals surface area contributed by atoms with Crippen molar-refractivity contribution in [2.45, 2.75) is 39.0 Å². The molecule has 3 N–H and O–H groups in total. The lowest BCUT2D eigenvalue weighted by atomic mass is 10.0. The lowest BCUT2D eigenvalue weighted by Gasteiger charge is -2.11. The number of amides is 1. The van der Waals surface area contributed by atoms with E-state index in [2.05, 4.69) is 52.6 Å². The molecule has 2 unspecified atom stereocenters. The molecule has 0 aromatic heterocycles. The van der Waals surface area contributed by atoms with Gasteiger partial charge in [-0.3, -0.25) is 4.79 Å². The predicted molar refractivity (Wildman–Crippen MR) is 131 cm³/mol. The fraction of sp³-hybridized carbons (Fsp3) is 0.231. The summed E-state index contributed by atoms with van der Waals surface area (Å²) in [7, 11) is 0. The highest BCUT2D eigenvalue weighted by Gasteiger charge is 2.30. The number of nitrogens with one attached hydrogen (secondary N) is 3. The van der Waals surface area contributed by atoms with Gasteiger partial charge in [0, 0.05) is 11.1 Å². The molecule has 0 spiro atoms. The number of carbonyl (C=O) groups is 1. The molecule has 0 radical (unpaired) electrons. The molecule has 1 aliphatic heterocycles. The van der Waals surface area contributed by atoms with E-state index in [1.807, 2.05) is 43.3 Å². The Morgan fingerprint density at radius 1 is 1.03 bits per heavy atom. The van der Waals surface area contributed by atoms with Crippen molar-refractivity contribution in [3.8, 4) is 5.75 Å². The normalized spacial score (nSPS) is 18.2. The van der Waals surface area contributed by atoms with Crippen LogP contribution in [0.2, 0.25) is 5.02 Å². The Hall–Kier alpha value is -3.19. The van der Waals surface area contributed by atoms with Crippen LogP contribution in [0.3, 0.4) is 0 Å². The van der Waals surface area contributed by atoms with E-state index in [9.17, 15) is 4.79 Å². The highest BCUT2D eigenvalue weighted by atomic mass is 35.5. The van der Waals surface area contributed by atoms with Gasteiger partial charge in [0.15, 0.2) is 0 Å². The highest BCUT2D eigenvalue weighted by Crippen LogP contribution is 2.25. The number of hydrogen-bond acceptors (Lipinski definition) is 5. The Kier molecular flexibility index (Phi) is 7.40. The summed E-state index contributed by atoms with van der Waals surface area (Å²) in [6.07, 6.45) is 0.616. The van der Waals surface area contributed by atoms with E-state index in [0.29, 0.717) is 23.8 Å². The van der Waals surface area contributed by atoms with E-state index in [1.54, 1.807) is 12.1 Å². The van der Waals surface area contributed by atoms with E-state index >= 15 is 0 Å². The maximum atomic E-state index is 12.5. The van der Waals surface area contributed by atoms with E-state index < -0.39 is 0 Å². The number of nitrogens with zero attached hydrogens (tertiary/aromatic N) is 1. The summed E-state index contributed by atoms with van der Waals surface area (Å²) in [5, 5.41) is 4.88. The molecule has 1 amide bonds. The van der Waals surface area contributed by atoms with Crippen LogP contribution in [0.4, 0.5) is 0 Å². The molecule has 33 heavy (non-hydrogen) atoms. The summed E-state index contributed by atoms with van der Waals surface area (Å²) in [5.41, 5.74) is 14.0. The molecule has 1 aliphatic rings. The second-order valence-corrected chi connectivity index (χ2v) is 8.59. The van der Waals surface area contributed by atoms with Crippen LogP contribution in [-0.4, -0.2) is 17.7 Å². The summed E-state index contributed by atoms with van der Waals surface area (Å²) in [6.45, 7) is 4.44. The second kappa shape index (κ2) is 10.6. The zero-order valence-corrected chi connectivity index (χ0v) is 19.4. The van der Waals surface area contributed by atoms with Crippen molar-refractivity contribution in [1.29, 1.82) is 0 Å². The van der Waals surface area contributed by atoms with Gasteiger partial charge in [-0.2, -0.15) is 5.10 Å². The lowest BCUT2D eigenvalue weighted by molar-refractivity contribution is -0.122. The summed E-state index contributed by atoms with van der Waals surface area (Å²) in [4.78, 5) is 12.5. The van der Waals surface area contributed by atoms with Crippen molar-refractivity contribution >= 4 is 23.2 Å². The van der Waals surface area contributed by atoms with Crippen LogP contribution in [0, 0.1) is 6.92 Å². The minimum absolute atomic E-state index is 0.0215. The van der Waals surface area contributed by atoms with Gasteiger partial charge in [0.25, 0.3) is 5.91 Å². The first-order chi connectivity index (χ1) is 16.0. The summed E-state index contributed by atoms with van der Waals surface area (Å²) in [6, 6.07) is 23.2. The van der Waals surface area contributed by atoms with Crippen LogP contribution in [0.1, 0.15) is 41.6 Å². The summed E-state index contributed by atoms with van der Waals surface area (Å²) in [5.74, 6) is 0.628. The van der Waals surface area contributed by atoms with Crippen molar-refractivity contribution in [2.75, 3.05) is 0 Å². The molecule has 3 aromatic rings. The fourth-order valence-electron chi connectivity index (χ4n) is 3.57. The van der Waals surface area contributed by atoms with Gasteiger partial charge in [-0.05, 0) is 61.2 Å². The Balaban J connectivity index is 1.28. The van der Waals surface area contributed by atoms with Crippen molar-refractivity contribution in [2.24, 2.45) is 5.10 Å². The average Bonchev–Trinajstić information content (AvgIpc) is 3.33. The number of benzene rings is 3. The monoisotopic (exact) mass is 462 g/mol. The molecule has 1 saturated heterocycles. The molecule has 170 valence electrons. The number of hydrogen-bond donors (Lipinski definition) is 3. The number of aryl methyl sites for hydroxylation is 1. The topological polar surface area (TPSA) is 74.8 Å². The third-order valence-corrected chi connectivity index (χ3v) is 5.88. The Bertz CT molecular complexity index is 1110. The van der Waals surface area contributed by atoms with E-state index in [0.717, 1.165) is 22.4 Å². The number of hydrazine groups is 1. The maximum absolute atomic E-state index is 12.5. The molecule has 1 fully saturated rings. The first kappa shape index (κ1) is 23.0. The van der Waals surface area contributed by atoms with Crippen LogP contribution in [0.15, 0.2) is 77.9 Å². The van der Waals surface area contributed by atoms with Gasteiger partial charge in [0.1, 0.15) is 18.4 Å².